The van der Waals surface area contributed by atoms with Gasteiger partial charge in [-0.3, -0.25) is 4.79 Å². The summed E-state index contributed by atoms with van der Waals surface area (Å²) in [7, 11) is 1.56. The van der Waals surface area contributed by atoms with Crippen LogP contribution in [0.4, 0.5) is 0 Å². The maximum Gasteiger partial charge on any atom is 0.320 e. The van der Waals surface area contributed by atoms with E-state index in [0.717, 1.165) is 11.1 Å². The first kappa shape index (κ1) is 18.1. The number of hydrogen-bond acceptors (Lipinski definition) is 4. The van der Waals surface area contributed by atoms with Gasteiger partial charge in [0.15, 0.2) is 11.5 Å². The quantitative estimate of drug-likeness (QED) is 0.763. The van der Waals surface area contributed by atoms with Crippen LogP contribution >= 0.6 is 11.6 Å². The normalized spacial score (nSPS) is 11.8. The van der Waals surface area contributed by atoms with Crippen molar-refractivity contribution in [2.75, 3.05) is 7.11 Å². The summed E-state index contributed by atoms with van der Waals surface area (Å²) >= 11 is 6.15. The highest BCUT2D eigenvalue weighted by molar-refractivity contribution is 6.31. The van der Waals surface area contributed by atoms with Gasteiger partial charge in [0.1, 0.15) is 12.6 Å². The number of benzene rings is 2. The van der Waals surface area contributed by atoms with Gasteiger partial charge >= 0.3 is 5.97 Å². The van der Waals surface area contributed by atoms with Gasteiger partial charge in [-0.05, 0) is 19.1 Å². The van der Waals surface area contributed by atoms with Gasteiger partial charge in [-0.1, -0.05) is 41.9 Å². The molecule has 2 aromatic carbocycles. The van der Waals surface area contributed by atoms with Crippen LogP contribution in [0, 0.1) is 0 Å². The van der Waals surface area contributed by atoms with Crippen LogP contribution in [0.1, 0.15) is 18.1 Å². The molecule has 2 rings (SSSR count). The molecule has 128 valence electrons. The van der Waals surface area contributed by atoms with Crippen LogP contribution in [-0.2, 0) is 17.9 Å². The number of ether oxygens (including phenoxy) is 2. The average Bonchev–Trinajstić information content (AvgIpc) is 2.58. The minimum Gasteiger partial charge on any atom is -0.493 e. The topological polar surface area (TPSA) is 67.8 Å². The molecular formula is C18H20ClNO4. The van der Waals surface area contributed by atoms with Crippen LogP contribution in [-0.4, -0.2) is 24.2 Å². The minimum atomic E-state index is -0.906. The van der Waals surface area contributed by atoms with Crippen molar-refractivity contribution in [1.82, 2.24) is 5.32 Å². The van der Waals surface area contributed by atoms with Gasteiger partial charge in [-0.2, -0.15) is 0 Å². The molecule has 0 radical (unpaired) electrons. The Morgan fingerprint density at radius 2 is 1.92 bits per heavy atom. The first-order valence-corrected chi connectivity index (χ1v) is 7.89. The number of carbonyl (C=O) groups is 1. The lowest BCUT2D eigenvalue weighted by Crippen LogP contribution is -2.33. The van der Waals surface area contributed by atoms with E-state index in [-0.39, 0.29) is 0 Å². The maximum atomic E-state index is 10.9. The van der Waals surface area contributed by atoms with E-state index in [2.05, 4.69) is 5.32 Å². The number of para-hydroxylation sites is 1. The molecule has 0 saturated carbocycles. The number of rotatable bonds is 8. The predicted octanol–water partition coefficient (Wildman–Crippen LogP) is 3.49. The second-order valence-corrected chi connectivity index (χ2v) is 5.68. The highest BCUT2D eigenvalue weighted by Crippen LogP contribution is 2.32. The van der Waals surface area contributed by atoms with Gasteiger partial charge in [0.25, 0.3) is 0 Å². The fourth-order valence-electron chi connectivity index (χ4n) is 2.14. The van der Waals surface area contributed by atoms with Gasteiger partial charge in [0, 0.05) is 22.7 Å². The Hall–Kier alpha value is -2.24. The van der Waals surface area contributed by atoms with Crippen molar-refractivity contribution >= 4 is 17.6 Å². The fraction of sp³-hybridized carbons (Fsp3) is 0.278. The molecule has 0 aliphatic carbocycles. The number of hydrogen-bond donors (Lipinski definition) is 2. The Morgan fingerprint density at radius 1 is 1.21 bits per heavy atom. The molecule has 2 N–H and O–H groups in total. The van der Waals surface area contributed by atoms with Crippen LogP contribution < -0.4 is 14.8 Å². The molecule has 1 atom stereocenters. The van der Waals surface area contributed by atoms with Crippen molar-refractivity contribution in [3.8, 4) is 11.5 Å². The monoisotopic (exact) mass is 349 g/mol. The number of halogens is 1. The largest absolute Gasteiger partial charge is 0.493 e. The van der Waals surface area contributed by atoms with Crippen LogP contribution in [0.5, 0.6) is 11.5 Å². The molecule has 0 bridgehead atoms. The van der Waals surface area contributed by atoms with E-state index < -0.39 is 12.0 Å². The maximum absolute atomic E-state index is 10.9. The predicted molar refractivity (Wildman–Crippen MR) is 92.7 cm³/mol. The molecule has 0 aliphatic rings. The van der Waals surface area contributed by atoms with E-state index in [1.165, 1.54) is 0 Å². The van der Waals surface area contributed by atoms with Gasteiger partial charge in [-0.15, -0.1) is 0 Å². The van der Waals surface area contributed by atoms with Crippen molar-refractivity contribution in [3.63, 3.8) is 0 Å². The highest BCUT2D eigenvalue weighted by atomic mass is 35.5. The summed E-state index contributed by atoms with van der Waals surface area (Å²) in [6, 6.07) is 12.3. The Bertz CT molecular complexity index is 705. The van der Waals surface area contributed by atoms with Crippen molar-refractivity contribution in [2.24, 2.45) is 0 Å². The summed E-state index contributed by atoms with van der Waals surface area (Å²) < 4.78 is 11.3. The van der Waals surface area contributed by atoms with Crippen molar-refractivity contribution in [2.45, 2.75) is 26.1 Å². The lowest BCUT2D eigenvalue weighted by molar-refractivity contribution is -0.139. The van der Waals surface area contributed by atoms with E-state index in [9.17, 15) is 4.79 Å². The third-order valence-corrected chi connectivity index (χ3v) is 3.95. The first-order chi connectivity index (χ1) is 11.5. The molecule has 0 aliphatic heterocycles. The number of nitrogens with one attached hydrogen (secondary N) is 1. The van der Waals surface area contributed by atoms with Gasteiger partial charge in [-0.25, -0.2) is 0 Å². The van der Waals surface area contributed by atoms with Crippen LogP contribution in [0.2, 0.25) is 5.02 Å². The SMILES string of the molecule is COc1cccc(CNC(C)C(=O)O)c1OCc1ccccc1Cl. The van der Waals surface area contributed by atoms with E-state index in [0.29, 0.717) is 29.7 Å². The average molecular weight is 350 g/mol. The molecule has 0 aromatic heterocycles. The number of carboxylic acids is 1. The molecule has 6 heteroatoms. The molecule has 0 amide bonds. The molecule has 0 spiro atoms. The molecule has 1 unspecified atom stereocenters. The molecule has 0 saturated heterocycles. The van der Waals surface area contributed by atoms with Gasteiger partial charge < -0.3 is 19.9 Å². The highest BCUT2D eigenvalue weighted by Gasteiger charge is 2.15. The molecule has 24 heavy (non-hydrogen) atoms. The second kappa shape index (κ2) is 8.57. The van der Waals surface area contributed by atoms with E-state index in [1.807, 2.05) is 30.3 Å². The third-order valence-electron chi connectivity index (χ3n) is 3.58. The zero-order valence-electron chi connectivity index (χ0n) is 13.6. The van der Waals surface area contributed by atoms with Crippen LogP contribution in [0.25, 0.3) is 0 Å². The number of aliphatic carboxylic acids is 1. The Kier molecular flexibility index (Phi) is 6.46. The van der Waals surface area contributed by atoms with E-state index in [4.69, 9.17) is 26.2 Å². The van der Waals surface area contributed by atoms with Crippen molar-refractivity contribution in [1.29, 1.82) is 0 Å². The molecular weight excluding hydrogens is 330 g/mol. The smallest absolute Gasteiger partial charge is 0.320 e. The first-order valence-electron chi connectivity index (χ1n) is 7.51. The van der Waals surface area contributed by atoms with E-state index in [1.54, 1.807) is 26.2 Å². The molecule has 0 heterocycles. The minimum absolute atomic E-state index is 0.293. The van der Waals surface area contributed by atoms with E-state index >= 15 is 0 Å². The lowest BCUT2D eigenvalue weighted by Gasteiger charge is -2.17. The van der Waals surface area contributed by atoms with Gasteiger partial charge in [0.05, 0.1) is 7.11 Å². The summed E-state index contributed by atoms with van der Waals surface area (Å²) in [6.45, 7) is 2.23. The summed E-state index contributed by atoms with van der Waals surface area (Å²) in [4.78, 5) is 10.9. The number of methoxy groups -OCH3 is 1. The van der Waals surface area contributed by atoms with Crippen molar-refractivity contribution in [3.05, 3.63) is 58.6 Å². The Balaban J connectivity index is 2.17. The molecule has 0 fully saturated rings. The second-order valence-electron chi connectivity index (χ2n) is 5.27. The lowest BCUT2D eigenvalue weighted by atomic mass is 10.1. The van der Waals surface area contributed by atoms with Crippen molar-refractivity contribution < 1.29 is 19.4 Å². The van der Waals surface area contributed by atoms with Gasteiger partial charge in [0.2, 0.25) is 0 Å². The molecule has 2 aromatic rings. The van der Waals surface area contributed by atoms with Crippen LogP contribution in [0.15, 0.2) is 42.5 Å². The zero-order chi connectivity index (χ0) is 17.5. The molecule has 5 nitrogen and oxygen atoms in total. The summed E-state index contributed by atoms with van der Waals surface area (Å²) in [5.74, 6) is 0.255. The number of carboxylic acid groups (broad SMARTS) is 1. The fourth-order valence-corrected chi connectivity index (χ4v) is 2.33. The third kappa shape index (κ3) is 4.63. The zero-order valence-corrected chi connectivity index (χ0v) is 14.3. The van der Waals surface area contributed by atoms with Crippen LogP contribution in [0.3, 0.4) is 0 Å². The summed E-state index contributed by atoms with van der Waals surface area (Å²) in [6.07, 6.45) is 0. The standard InChI is InChI=1S/C18H20ClNO4/c1-12(18(21)22)20-10-13-7-5-9-16(23-2)17(13)24-11-14-6-3-4-8-15(14)19/h3-9,12,20H,10-11H2,1-2H3,(H,21,22). The summed E-state index contributed by atoms with van der Waals surface area (Å²) in [5, 5.41) is 12.5. The summed E-state index contributed by atoms with van der Waals surface area (Å²) in [5.41, 5.74) is 1.68. The Labute approximate surface area is 146 Å². The Morgan fingerprint density at radius 3 is 2.58 bits per heavy atom.